The molecule has 0 spiro atoms. The Morgan fingerprint density at radius 3 is 2.58 bits per heavy atom. The molecular weight excluding hydrogens is 410 g/mol. The summed E-state index contributed by atoms with van der Waals surface area (Å²) in [6.07, 6.45) is 10.3. The number of fused-ring (bicyclic) bond motifs is 1. The molecule has 2 atom stereocenters. The smallest absolute Gasteiger partial charge is 0.101 e. The van der Waals surface area contributed by atoms with Crippen molar-refractivity contribution >= 4 is 16.6 Å². The van der Waals surface area contributed by atoms with Crippen molar-refractivity contribution in [1.29, 1.82) is 5.26 Å². The molecule has 1 aromatic heterocycles. The average Bonchev–Trinajstić information content (AvgIpc) is 3.13. The van der Waals surface area contributed by atoms with Crippen LogP contribution >= 0.6 is 0 Å². The third kappa shape index (κ3) is 5.16. The lowest BCUT2D eigenvalue weighted by Gasteiger charge is -2.43. The van der Waals surface area contributed by atoms with Crippen molar-refractivity contribution in [3.05, 3.63) is 36.0 Å². The molecule has 0 amide bonds. The molecular formula is C27H37N5O. The molecule has 0 aliphatic carbocycles. The molecule has 5 rings (SSSR count). The molecule has 0 radical (unpaired) electrons. The van der Waals surface area contributed by atoms with E-state index in [1.165, 1.54) is 64.7 Å². The number of ether oxygens (including phenoxy) is 1. The Kier molecular flexibility index (Phi) is 7.10. The van der Waals surface area contributed by atoms with Crippen LogP contribution in [0.1, 0.15) is 51.0 Å². The summed E-state index contributed by atoms with van der Waals surface area (Å²) in [5, 5.41) is 10.5. The van der Waals surface area contributed by atoms with Crippen molar-refractivity contribution in [1.82, 2.24) is 14.8 Å². The monoisotopic (exact) mass is 447 g/mol. The number of hydrogen-bond acceptors (Lipinski definition) is 6. The van der Waals surface area contributed by atoms with Gasteiger partial charge in [0.15, 0.2) is 0 Å². The van der Waals surface area contributed by atoms with Crippen LogP contribution in [0.3, 0.4) is 0 Å². The summed E-state index contributed by atoms with van der Waals surface area (Å²) in [5.74, 6) is 0. The van der Waals surface area contributed by atoms with Gasteiger partial charge in [0.05, 0.1) is 23.3 Å². The van der Waals surface area contributed by atoms with Gasteiger partial charge in [-0.3, -0.25) is 4.98 Å². The molecule has 6 heteroatoms. The Morgan fingerprint density at radius 2 is 1.82 bits per heavy atom. The number of nitrogens with zero attached hydrogens (tertiary/aromatic N) is 5. The fourth-order valence-electron chi connectivity index (χ4n) is 6.08. The summed E-state index contributed by atoms with van der Waals surface area (Å²) in [7, 11) is 0. The zero-order chi connectivity index (χ0) is 22.6. The van der Waals surface area contributed by atoms with Crippen molar-refractivity contribution in [2.75, 3.05) is 50.7 Å². The van der Waals surface area contributed by atoms with E-state index in [0.29, 0.717) is 5.56 Å². The molecule has 0 bridgehead atoms. The summed E-state index contributed by atoms with van der Waals surface area (Å²) in [6.45, 7) is 9.88. The largest absolute Gasteiger partial charge is 0.370 e. The fourth-order valence-corrected chi connectivity index (χ4v) is 6.08. The zero-order valence-corrected chi connectivity index (χ0v) is 20.0. The van der Waals surface area contributed by atoms with Crippen LogP contribution in [-0.2, 0) is 4.74 Å². The van der Waals surface area contributed by atoms with Gasteiger partial charge in [0, 0.05) is 42.9 Å². The lowest BCUT2D eigenvalue weighted by atomic mass is 10.0. The Balaban J connectivity index is 1.23. The van der Waals surface area contributed by atoms with E-state index in [0.717, 1.165) is 42.3 Å². The van der Waals surface area contributed by atoms with Crippen LogP contribution in [0.25, 0.3) is 10.9 Å². The molecule has 0 N–H and O–H groups in total. The van der Waals surface area contributed by atoms with Crippen molar-refractivity contribution in [2.24, 2.45) is 0 Å². The number of nitriles is 1. The summed E-state index contributed by atoms with van der Waals surface area (Å²) < 4.78 is 6.40. The number of piperidine rings is 1. The van der Waals surface area contributed by atoms with Gasteiger partial charge in [-0.1, -0.05) is 12.8 Å². The van der Waals surface area contributed by atoms with E-state index in [1.807, 2.05) is 12.1 Å². The van der Waals surface area contributed by atoms with Crippen molar-refractivity contribution < 1.29 is 4.74 Å². The van der Waals surface area contributed by atoms with E-state index < -0.39 is 0 Å². The average molecular weight is 448 g/mol. The first-order chi connectivity index (χ1) is 16.2. The van der Waals surface area contributed by atoms with Gasteiger partial charge in [0.1, 0.15) is 6.07 Å². The molecule has 0 saturated carbocycles. The van der Waals surface area contributed by atoms with Gasteiger partial charge in [-0.15, -0.1) is 0 Å². The van der Waals surface area contributed by atoms with Crippen molar-refractivity contribution in [3.63, 3.8) is 0 Å². The van der Waals surface area contributed by atoms with Gasteiger partial charge in [-0.25, -0.2) is 0 Å². The van der Waals surface area contributed by atoms with E-state index in [-0.39, 0.29) is 12.2 Å². The van der Waals surface area contributed by atoms with Crippen molar-refractivity contribution in [3.8, 4) is 6.07 Å². The summed E-state index contributed by atoms with van der Waals surface area (Å²) in [5.41, 5.74) is 2.60. The van der Waals surface area contributed by atoms with Gasteiger partial charge in [0.2, 0.25) is 0 Å². The highest BCUT2D eigenvalue weighted by molar-refractivity contribution is 5.95. The summed E-state index contributed by atoms with van der Waals surface area (Å²) in [6, 6.07) is 11.1. The number of rotatable bonds is 4. The maximum absolute atomic E-state index is 9.49. The predicted molar refractivity (Wildman–Crippen MR) is 133 cm³/mol. The van der Waals surface area contributed by atoms with Crippen LogP contribution in [0, 0.1) is 11.3 Å². The molecule has 3 saturated heterocycles. The van der Waals surface area contributed by atoms with Crippen LogP contribution in [0.5, 0.6) is 0 Å². The van der Waals surface area contributed by atoms with Gasteiger partial charge in [-0.2, -0.15) is 5.26 Å². The summed E-state index contributed by atoms with van der Waals surface area (Å²) in [4.78, 5) is 12.3. The van der Waals surface area contributed by atoms with Crippen LogP contribution in [0.2, 0.25) is 0 Å². The second-order valence-corrected chi connectivity index (χ2v) is 10.1. The Hall–Kier alpha value is -2.20. The molecule has 176 valence electrons. The maximum Gasteiger partial charge on any atom is 0.101 e. The van der Waals surface area contributed by atoms with Crippen LogP contribution in [0.4, 0.5) is 5.69 Å². The van der Waals surface area contributed by atoms with Crippen LogP contribution in [-0.4, -0.2) is 78.8 Å². The van der Waals surface area contributed by atoms with Crippen LogP contribution in [0.15, 0.2) is 30.5 Å². The lowest BCUT2D eigenvalue weighted by Crippen LogP contribution is -2.53. The molecule has 2 aromatic rings. The number of pyridine rings is 1. The van der Waals surface area contributed by atoms with E-state index >= 15 is 0 Å². The minimum absolute atomic E-state index is 0.181. The minimum Gasteiger partial charge on any atom is -0.370 e. The van der Waals surface area contributed by atoms with Gasteiger partial charge >= 0.3 is 0 Å². The van der Waals surface area contributed by atoms with Gasteiger partial charge < -0.3 is 19.4 Å². The normalized spacial score (nSPS) is 26.2. The SMILES string of the molecule is C[C@@H]1CN(c2ccc(C#N)c3ncccc23)C[C@H](CN2CCC(N3CCCCCC3)CC2)O1. The Morgan fingerprint density at radius 1 is 1.03 bits per heavy atom. The standard InChI is InChI=1S/C27H37N5O/c1-21-18-32(26-9-8-22(17-28)27-25(26)7-6-12-29-27)20-24(33-21)19-30-15-10-23(11-16-30)31-13-4-2-3-5-14-31/h6-9,12,21,23-24H,2-5,10-11,13-16,18-20H2,1H3/t21-,24+/m1/s1. The molecule has 3 aliphatic heterocycles. The molecule has 1 aromatic carbocycles. The maximum atomic E-state index is 9.49. The summed E-state index contributed by atoms with van der Waals surface area (Å²) >= 11 is 0. The topological polar surface area (TPSA) is 55.6 Å². The first-order valence-electron chi connectivity index (χ1n) is 12.9. The number of aromatic nitrogens is 1. The molecule has 0 unspecified atom stereocenters. The number of likely N-dealkylation sites (tertiary alicyclic amines) is 2. The van der Waals surface area contributed by atoms with E-state index in [1.54, 1.807) is 6.20 Å². The quantitative estimate of drug-likeness (QED) is 0.705. The second kappa shape index (κ2) is 10.4. The fraction of sp³-hybridized carbons (Fsp3) is 0.630. The first kappa shape index (κ1) is 22.6. The van der Waals surface area contributed by atoms with E-state index in [2.05, 4.69) is 44.8 Å². The van der Waals surface area contributed by atoms with Crippen LogP contribution < -0.4 is 4.90 Å². The number of hydrogen-bond donors (Lipinski definition) is 0. The molecule has 3 aliphatic rings. The third-order valence-corrected chi connectivity index (χ3v) is 7.71. The zero-order valence-electron chi connectivity index (χ0n) is 20.0. The van der Waals surface area contributed by atoms with Gasteiger partial charge in [-0.05, 0) is 83.1 Å². The number of morpholine rings is 1. The number of benzene rings is 1. The van der Waals surface area contributed by atoms with Crippen molar-refractivity contribution in [2.45, 2.75) is 63.7 Å². The van der Waals surface area contributed by atoms with E-state index in [9.17, 15) is 5.26 Å². The molecule has 4 heterocycles. The molecule has 33 heavy (non-hydrogen) atoms. The first-order valence-corrected chi connectivity index (χ1v) is 12.9. The third-order valence-electron chi connectivity index (χ3n) is 7.71. The second-order valence-electron chi connectivity index (χ2n) is 10.1. The van der Waals surface area contributed by atoms with Gasteiger partial charge in [0.25, 0.3) is 0 Å². The predicted octanol–water partition coefficient (Wildman–Crippen LogP) is 4.04. The highest BCUT2D eigenvalue weighted by atomic mass is 16.5. The lowest BCUT2D eigenvalue weighted by molar-refractivity contribution is -0.0375. The van der Waals surface area contributed by atoms with E-state index in [4.69, 9.17) is 4.74 Å². The Labute approximate surface area is 198 Å². The minimum atomic E-state index is 0.181. The highest BCUT2D eigenvalue weighted by Gasteiger charge is 2.31. The number of anilines is 1. The Bertz CT molecular complexity index is 972. The highest BCUT2D eigenvalue weighted by Crippen LogP contribution is 2.30. The molecule has 3 fully saturated rings. The molecule has 6 nitrogen and oxygen atoms in total.